The van der Waals surface area contributed by atoms with Crippen LogP contribution in [0.2, 0.25) is 0 Å². The lowest BCUT2D eigenvalue weighted by atomic mass is 10.1. The van der Waals surface area contributed by atoms with Gasteiger partial charge in [0.05, 0.1) is 16.9 Å². The summed E-state index contributed by atoms with van der Waals surface area (Å²) in [4.78, 5) is 12.6. The first-order valence-electron chi connectivity index (χ1n) is 8.35. The van der Waals surface area contributed by atoms with E-state index in [9.17, 15) is 4.79 Å². The fourth-order valence-corrected chi connectivity index (χ4v) is 3.14. The van der Waals surface area contributed by atoms with Gasteiger partial charge in [-0.15, -0.1) is 0 Å². The van der Waals surface area contributed by atoms with Crippen LogP contribution in [0.4, 0.5) is 0 Å². The number of carbonyl (C=O) groups excluding carboxylic acids is 1. The number of carbonyl (C=O) groups is 1. The molecule has 1 amide bonds. The van der Waals surface area contributed by atoms with Crippen LogP contribution in [-0.2, 0) is 6.54 Å². The summed E-state index contributed by atoms with van der Waals surface area (Å²) >= 11 is 0. The van der Waals surface area contributed by atoms with Crippen LogP contribution in [0.5, 0.6) is 0 Å². The first kappa shape index (κ1) is 17.0. The van der Waals surface area contributed by atoms with Gasteiger partial charge in [0.15, 0.2) is 0 Å². The van der Waals surface area contributed by atoms with Crippen molar-refractivity contribution >= 4 is 5.91 Å². The van der Waals surface area contributed by atoms with E-state index in [1.807, 2.05) is 69.6 Å². The summed E-state index contributed by atoms with van der Waals surface area (Å²) in [6.07, 6.45) is 0. The topological polar surface area (TPSA) is 60.1 Å². The molecular formula is C20H23N3O2. The third kappa shape index (κ3) is 3.09. The predicted molar refractivity (Wildman–Crippen MR) is 97.1 cm³/mol. The molecule has 0 bridgehead atoms. The van der Waals surface area contributed by atoms with Gasteiger partial charge in [-0.1, -0.05) is 18.2 Å². The molecular weight excluding hydrogens is 314 g/mol. The van der Waals surface area contributed by atoms with Crippen LogP contribution >= 0.6 is 0 Å². The SMILES string of the molecule is Cc1nn(-c2ccccc2)c(C)c1CNC(=O)c1c(C)oc(C)c1C. The second kappa shape index (κ2) is 6.59. The van der Waals surface area contributed by atoms with Gasteiger partial charge >= 0.3 is 0 Å². The second-order valence-corrected chi connectivity index (χ2v) is 6.29. The Morgan fingerprint density at radius 3 is 2.36 bits per heavy atom. The lowest BCUT2D eigenvalue weighted by Gasteiger charge is -2.07. The number of rotatable bonds is 4. The maximum Gasteiger partial charge on any atom is 0.255 e. The number of benzene rings is 1. The highest BCUT2D eigenvalue weighted by Crippen LogP contribution is 2.21. The Labute approximate surface area is 147 Å². The highest BCUT2D eigenvalue weighted by molar-refractivity contribution is 5.96. The quantitative estimate of drug-likeness (QED) is 0.784. The molecule has 1 N–H and O–H groups in total. The van der Waals surface area contributed by atoms with Gasteiger partial charge in [-0.2, -0.15) is 5.10 Å². The summed E-state index contributed by atoms with van der Waals surface area (Å²) in [6, 6.07) is 9.99. The zero-order valence-electron chi connectivity index (χ0n) is 15.3. The number of aromatic nitrogens is 2. The molecule has 0 radical (unpaired) electrons. The number of amides is 1. The molecule has 5 nitrogen and oxygen atoms in total. The Hall–Kier alpha value is -2.82. The molecule has 0 aliphatic carbocycles. The van der Waals surface area contributed by atoms with Gasteiger partial charge in [0.2, 0.25) is 0 Å². The van der Waals surface area contributed by atoms with Crippen LogP contribution in [0, 0.1) is 34.6 Å². The highest BCUT2D eigenvalue weighted by Gasteiger charge is 2.19. The van der Waals surface area contributed by atoms with Crippen LogP contribution in [0.25, 0.3) is 5.69 Å². The van der Waals surface area contributed by atoms with Gasteiger partial charge in [-0.25, -0.2) is 4.68 Å². The molecule has 0 spiro atoms. The molecule has 2 aromatic heterocycles. The average Bonchev–Trinajstić information content (AvgIpc) is 3.01. The van der Waals surface area contributed by atoms with Gasteiger partial charge in [0, 0.05) is 23.4 Å². The summed E-state index contributed by atoms with van der Waals surface area (Å²) in [5.41, 5.74) is 5.51. The molecule has 3 aromatic rings. The van der Waals surface area contributed by atoms with Crippen molar-refractivity contribution in [1.29, 1.82) is 0 Å². The van der Waals surface area contributed by atoms with E-state index in [0.717, 1.165) is 34.0 Å². The van der Waals surface area contributed by atoms with E-state index in [-0.39, 0.29) is 5.91 Å². The van der Waals surface area contributed by atoms with E-state index >= 15 is 0 Å². The van der Waals surface area contributed by atoms with Crippen LogP contribution in [0.3, 0.4) is 0 Å². The van der Waals surface area contributed by atoms with Crippen molar-refractivity contribution in [2.24, 2.45) is 0 Å². The number of hydrogen-bond acceptors (Lipinski definition) is 3. The van der Waals surface area contributed by atoms with Crippen LogP contribution in [0.1, 0.15) is 44.4 Å². The minimum absolute atomic E-state index is 0.113. The van der Waals surface area contributed by atoms with Crippen LogP contribution in [0.15, 0.2) is 34.7 Å². The number of para-hydroxylation sites is 1. The van der Waals surface area contributed by atoms with E-state index in [1.165, 1.54) is 0 Å². The minimum atomic E-state index is -0.113. The molecule has 0 unspecified atom stereocenters. The summed E-state index contributed by atoms with van der Waals surface area (Å²) in [6.45, 7) is 10.0. The molecule has 0 aliphatic rings. The lowest BCUT2D eigenvalue weighted by Crippen LogP contribution is -2.24. The zero-order chi connectivity index (χ0) is 18.1. The van der Waals surface area contributed by atoms with Gasteiger partial charge in [0.25, 0.3) is 5.91 Å². The summed E-state index contributed by atoms with van der Waals surface area (Å²) < 4.78 is 7.46. The summed E-state index contributed by atoms with van der Waals surface area (Å²) in [7, 11) is 0. The smallest absolute Gasteiger partial charge is 0.255 e. The number of nitrogens with one attached hydrogen (secondary N) is 1. The highest BCUT2D eigenvalue weighted by atomic mass is 16.3. The molecule has 0 aliphatic heterocycles. The monoisotopic (exact) mass is 337 g/mol. The molecule has 1 aromatic carbocycles. The molecule has 0 fully saturated rings. The van der Waals surface area contributed by atoms with Crippen molar-refractivity contribution in [3.8, 4) is 5.69 Å². The Morgan fingerprint density at radius 1 is 1.08 bits per heavy atom. The minimum Gasteiger partial charge on any atom is -0.466 e. The first-order chi connectivity index (χ1) is 11.9. The van der Waals surface area contributed by atoms with Crippen molar-refractivity contribution in [3.63, 3.8) is 0 Å². The number of hydrogen-bond donors (Lipinski definition) is 1. The van der Waals surface area contributed by atoms with Crippen molar-refractivity contribution in [2.45, 2.75) is 41.2 Å². The Bertz CT molecular complexity index is 920. The fraction of sp³-hybridized carbons (Fsp3) is 0.300. The summed E-state index contributed by atoms with van der Waals surface area (Å²) in [5.74, 6) is 1.32. The molecule has 0 atom stereocenters. The van der Waals surface area contributed by atoms with Gasteiger partial charge < -0.3 is 9.73 Å². The standard InChI is InChI=1S/C20H23N3O2/c1-12-15(4)25-16(5)19(12)20(24)21-11-18-13(2)22-23(14(18)3)17-9-7-6-8-10-17/h6-10H,11H2,1-5H3,(H,21,24). The predicted octanol–water partition coefficient (Wildman–Crippen LogP) is 3.94. The number of nitrogens with zero attached hydrogens (tertiary/aromatic N) is 2. The molecule has 5 heteroatoms. The maximum atomic E-state index is 12.6. The molecule has 2 heterocycles. The normalized spacial score (nSPS) is 10.9. The van der Waals surface area contributed by atoms with Crippen molar-refractivity contribution in [3.05, 3.63) is 69.9 Å². The molecule has 0 saturated carbocycles. The van der Waals surface area contributed by atoms with Crippen molar-refractivity contribution in [1.82, 2.24) is 15.1 Å². The molecule has 0 saturated heterocycles. The lowest BCUT2D eigenvalue weighted by molar-refractivity contribution is 0.0949. The largest absolute Gasteiger partial charge is 0.466 e. The Kier molecular flexibility index (Phi) is 4.49. The third-order valence-corrected chi connectivity index (χ3v) is 4.66. The Balaban J connectivity index is 1.82. The van der Waals surface area contributed by atoms with E-state index in [0.29, 0.717) is 17.9 Å². The molecule has 3 rings (SSSR count). The zero-order valence-corrected chi connectivity index (χ0v) is 15.3. The Morgan fingerprint density at radius 2 is 1.76 bits per heavy atom. The number of furan rings is 1. The van der Waals surface area contributed by atoms with Crippen molar-refractivity contribution < 1.29 is 9.21 Å². The van der Waals surface area contributed by atoms with Gasteiger partial charge in [0.1, 0.15) is 11.5 Å². The van der Waals surface area contributed by atoms with E-state index in [1.54, 1.807) is 0 Å². The maximum absolute atomic E-state index is 12.6. The van der Waals surface area contributed by atoms with Crippen LogP contribution < -0.4 is 5.32 Å². The summed E-state index contributed by atoms with van der Waals surface area (Å²) in [5, 5.41) is 7.62. The van der Waals surface area contributed by atoms with Crippen molar-refractivity contribution in [2.75, 3.05) is 0 Å². The molecule has 25 heavy (non-hydrogen) atoms. The fourth-order valence-electron chi connectivity index (χ4n) is 3.14. The number of aryl methyl sites for hydroxylation is 3. The third-order valence-electron chi connectivity index (χ3n) is 4.66. The average molecular weight is 337 g/mol. The first-order valence-corrected chi connectivity index (χ1v) is 8.35. The second-order valence-electron chi connectivity index (χ2n) is 6.29. The van der Waals surface area contributed by atoms with E-state index in [2.05, 4.69) is 10.4 Å². The van der Waals surface area contributed by atoms with E-state index in [4.69, 9.17) is 4.42 Å². The van der Waals surface area contributed by atoms with E-state index < -0.39 is 0 Å². The van der Waals surface area contributed by atoms with Gasteiger partial charge in [-0.05, 0) is 46.8 Å². The molecule has 130 valence electrons. The van der Waals surface area contributed by atoms with Crippen LogP contribution in [-0.4, -0.2) is 15.7 Å². The van der Waals surface area contributed by atoms with Gasteiger partial charge in [-0.3, -0.25) is 4.79 Å².